The van der Waals surface area contributed by atoms with Gasteiger partial charge in [-0.05, 0) is 30.9 Å². The first-order valence-corrected chi connectivity index (χ1v) is 7.56. The Hall–Kier alpha value is -1.64. The highest BCUT2D eigenvalue weighted by Gasteiger charge is 2.35. The van der Waals surface area contributed by atoms with Crippen LogP contribution in [0, 0.1) is 5.41 Å². The van der Waals surface area contributed by atoms with Crippen LogP contribution >= 0.6 is 0 Å². The van der Waals surface area contributed by atoms with E-state index in [0.717, 1.165) is 37.7 Å². The van der Waals surface area contributed by atoms with Crippen molar-refractivity contribution < 1.29 is 9.59 Å². The number of benzene rings is 1. The zero-order valence-corrected chi connectivity index (χ0v) is 12.0. The maximum Gasteiger partial charge on any atom is 0.251 e. The van der Waals surface area contributed by atoms with Gasteiger partial charge in [0.25, 0.3) is 5.91 Å². The predicted molar refractivity (Wildman–Crippen MR) is 78.0 cm³/mol. The second kappa shape index (κ2) is 5.04. The fourth-order valence-electron chi connectivity index (χ4n) is 3.46. The van der Waals surface area contributed by atoms with E-state index in [-0.39, 0.29) is 17.1 Å². The Bertz CT molecular complexity index is 556. The summed E-state index contributed by atoms with van der Waals surface area (Å²) in [6.45, 7) is 2.77. The third-order valence-electron chi connectivity index (χ3n) is 4.80. The fraction of sp³-hybridized carbons (Fsp3) is 0.529. The number of hydrogen-bond acceptors (Lipinski definition) is 2. The van der Waals surface area contributed by atoms with Crippen LogP contribution in [-0.2, 0) is 6.42 Å². The standard InChI is InChI=1S/C17H21NO2/c1-17(8-3-2-4-9-17)15(19)13-6-5-12-7-10-18-16(20)14(12)11-13/h5-6,11H,2-4,7-10H2,1H3,(H,18,20). The average Bonchev–Trinajstić information content (AvgIpc) is 2.47. The van der Waals surface area contributed by atoms with Crippen molar-refractivity contribution in [3.8, 4) is 0 Å². The van der Waals surface area contributed by atoms with Gasteiger partial charge in [-0.15, -0.1) is 0 Å². The Morgan fingerprint density at radius 2 is 1.95 bits per heavy atom. The number of Topliss-reactive ketones (excluding diaryl/α,β-unsaturated/α-hetero) is 1. The average molecular weight is 271 g/mol. The van der Waals surface area contributed by atoms with Crippen molar-refractivity contribution in [3.63, 3.8) is 0 Å². The number of ketones is 1. The van der Waals surface area contributed by atoms with Crippen LogP contribution in [0.4, 0.5) is 0 Å². The van der Waals surface area contributed by atoms with Crippen LogP contribution in [0.2, 0.25) is 0 Å². The Morgan fingerprint density at radius 1 is 1.20 bits per heavy atom. The number of nitrogens with one attached hydrogen (secondary N) is 1. The topological polar surface area (TPSA) is 46.2 Å². The largest absolute Gasteiger partial charge is 0.352 e. The van der Waals surface area contributed by atoms with Crippen LogP contribution in [0.1, 0.15) is 65.3 Å². The molecule has 1 aromatic carbocycles. The summed E-state index contributed by atoms with van der Waals surface area (Å²) in [6.07, 6.45) is 6.29. The lowest BCUT2D eigenvalue weighted by Gasteiger charge is -2.32. The Morgan fingerprint density at radius 3 is 2.70 bits per heavy atom. The lowest BCUT2D eigenvalue weighted by atomic mass is 9.71. The number of carbonyl (C=O) groups is 2. The molecule has 106 valence electrons. The van der Waals surface area contributed by atoms with E-state index in [9.17, 15) is 9.59 Å². The van der Waals surface area contributed by atoms with E-state index in [2.05, 4.69) is 12.2 Å². The molecule has 1 saturated carbocycles. The van der Waals surface area contributed by atoms with Gasteiger partial charge in [0.05, 0.1) is 0 Å². The van der Waals surface area contributed by atoms with Crippen molar-refractivity contribution in [2.45, 2.75) is 45.4 Å². The first-order chi connectivity index (χ1) is 9.60. The number of rotatable bonds is 2. The maximum atomic E-state index is 12.8. The summed E-state index contributed by atoms with van der Waals surface area (Å²) in [7, 11) is 0. The minimum atomic E-state index is -0.238. The van der Waals surface area contributed by atoms with Crippen molar-refractivity contribution in [2.75, 3.05) is 6.54 Å². The summed E-state index contributed by atoms with van der Waals surface area (Å²) in [5.41, 5.74) is 2.20. The van der Waals surface area contributed by atoms with Crippen molar-refractivity contribution >= 4 is 11.7 Å². The van der Waals surface area contributed by atoms with Crippen molar-refractivity contribution in [1.82, 2.24) is 5.32 Å². The molecule has 2 aliphatic rings. The highest BCUT2D eigenvalue weighted by atomic mass is 16.1. The van der Waals surface area contributed by atoms with Crippen LogP contribution in [-0.4, -0.2) is 18.2 Å². The molecule has 0 radical (unpaired) electrons. The van der Waals surface area contributed by atoms with Gasteiger partial charge in [0.15, 0.2) is 5.78 Å². The first kappa shape index (κ1) is 13.3. The summed E-state index contributed by atoms with van der Waals surface area (Å²) in [4.78, 5) is 24.7. The Kier molecular flexibility index (Phi) is 3.36. The molecule has 1 aliphatic carbocycles. The van der Waals surface area contributed by atoms with Crippen LogP contribution in [0.25, 0.3) is 0 Å². The van der Waals surface area contributed by atoms with Gasteiger partial charge in [0.1, 0.15) is 0 Å². The van der Waals surface area contributed by atoms with E-state index in [1.807, 2.05) is 12.1 Å². The summed E-state index contributed by atoms with van der Waals surface area (Å²) in [5, 5.41) is 2.84. The minimum Gasteiger partial charge on any atom is -0.352 e. The van der Waals surface area contributed by atoms with E-state index in [1.54, 1.807) is 6.07 Å². The molecule has 0 spiro atoms. The monoisotopic (exact) mass is 271 g/mol. The third kappa shape index (κ3) is 2.26. The number of hydrogen-bond donors (Lipinski definition) is 1. The molecule has 20 heavy (non-hydrogen) atoms. The zero-order valence-electron chi connectivity index (χ0n) is 12.0. The number of fused-ring (bicyclic) bond motifs is 1. The minimum absolute atomic E-state index is 0.0466. The molecule has 3 heteroatoms. The second-order valence-corrected chi connectivity index (χ2v) is 6.33. The lowest BCUT2D eigenvalue weighted by molar-refractivity contribution is 0.0749. The number of carbonyl (C=O) groups excluding carboxylic acids is 2. The lowest BCUT2D eigenvalue weighted by Crippen LogP contribution is -2.33. The molecule has 3 nitrogen and oxygen atoms in total. The van der Waals surface area contributed by atoms with Crippen molar-refractivity contribution in [3.05, 3.63) is 34.9 Å². The quantitative estimate of drug-likeness (QED) is 0.840. The molecule has 0 bridgehead atoms. The first-order valence-electron chi connectivity index (χ1n) is 7.56. The van der Waals surface area contributed by atoms with Crippen molar-refractivity contribution in [2.24, 2.45) is 5.41 Å². The third-order valence-corrected chi connectivity index (χ3v) is 4.80. The summed E-state index contributed by atoms with van der Waals surface area (Å²) in [6, 6.07) is 5.65. The molecular formula is C17H21NO2. The normalized spacial score (nSPS) is 20.9. The van der Waals surface area contributed by atoms with Gasteiger partial charge in [-0.1, -0.05) is 38.3 Å². The van der Waals surface area contributed by atoms with Crippen molar-refractivity contribution in [1.29, 1.82) is 0 Å². The molecule has 1 aromatic rings. The second-order valence-electron chi connectivity index (χ2n) is 6.33. The molecule has 0 atom stereocenters. The highest BCUT2D eigenvalue weighted by Crippen LogP contribution is 2.38. The van der Waals surface area contributed by atoms with Gasteiger partial charge in [-0.25, -0.2) is 0 Å². The molecule has 1 N–H and O–H groups in total. The molecule has 1 fully saturated rings. The highest BCUT2D eigenvalue weighted by molar-refractivity contribution is 6.04. The van der Waals surface area contributed by atoms with Crippen LogP contribution in [0.5, 0.6) is 0 Å². The van der Waals surface area contributed by atoms with Crippen LogP contribution in [0.15, 0.2) is 18.2 Å². The SMILES string of the molecule is CC1(C(=O)c2ccc3c(c2)C(=O)NCC3)CCCCC1. The predicted octanol–water partition coefficient (Wildman–Crippen LogP) is 3.13. The molecule has 0 unspecified atom stereocenters. The maximum absolute atomic E-state index is 12.8. The van der Waals surface area contributed by atoms with E-state index in [4.69, 9.17) is 0 Å². The smallest absolute Gasteiger partial charge is 0.251 e. The summed E-state index contributed by atoms with van der Waals surface area (Å²) < 4.78 is 0. The molecule has 0 aromatic heterocycles. The van der Waals surface area contributed by atoms with Crippen LogP contribution in [0.3, 0.4) is 0 Å². The van der Waals surface area contributed by atoms with Crippen LogP contribution < -0.4 is 5.32 Å². The van der Waals surface area contributed by atoms with Gasteiger partial charge in [0, 0.05) is 23.1 Å². The molecule has 1 heterocycles. The molecular weight excluding hydrogens is 250 g/mol. The van der Waals surface area contributed by atoms with Gasteiger partial charge in [0.2, 0.25) is 0 Å². The van der Waals surface area contributed by atoms with Gasteiger partial charge >= 0.3 is 0 Å². The molecule has 1 aliphatic heterocycles. The Labute approximate surface area is 119 Å². The zero-order chi connectivity index (χ0) is 14.2. The van der Waals surface area contributed by atoms with E-state index < -0.39 is 0 Å². The fourth-order valence-corrected chi connectivity index (χ4v) is 3.46. The summed E-state index contributed by atoms with van der Waals surface area (Å²) in [5.74, 6) is 0.160. The van der Waals surface area contributed by atoms with E-state index >= 15 is 0 Å². The number of amides is 1. The van der Waals surface area contributed by atoms with Gasteiger partial charge in [-0.2, -0.15) is 0 Å². The Balaban J connectivity index is 1.92. The van der Waals surface area contributed by atoms with Gasteiger partial charge in [-0.3, -0.25) is 9.59 Å². The van der Waals surface area contributed by atoms with Gasteiger partial charge < -0.3 is 5.32 Å². The molecule has 0 saturated heterocycles. The van der Waals surface area contributed by atoms with E-state index in [1.165, 1.54) is 6.42 Å². The molecule has 3 rings (SSSR count). The van der Waals surface area contributed by atoms with E-state index in [0.29, 0.717) is 17.7 Å². The molecule has 1 amide bonds. The summed E-state index contributed by atoms with van der Waals surface area (Å²) >= 11 is 0.